The molecule has 3 aromatic carbocycles. The fourth-order valence-corrected chi connectivity index (χ4v) is 12.6. The number of likely N-dealkylation sites (tertiary alicyclic amines) is 1. The molecule has 38 heteroatoms. The Kier molecular flexibility index (Phi) is 37.1. The number of aliphatic carboxylic acids is 1. The summed E-state index contributed by atoms with van der Waals surface area (Å²) in [5, 5.41) is 90.7. The minimum absolute atomic E-state index is 0.0425. The normalized spacial score (nSPS) is 16.0. The van der Waals surface area contributed by atoms with Crippen LogP contribution in [0.3, 0.4) is 0 Å². The number of carbonyl (C=O) groups excluding carboxylic acids is 12. The highest BCUT2D eigenvalue weighted by Gasteiger charge is 2.44. The Labute approximate surface area is 655 Å². The summed E-state index contributed by atoms with van der Waals surface area (Å²) in [5.74, 6) is -13.7. The molecule has 5 rings (SSSR count). The number of hydrogen-bond acceptors (Lipinski definition) is 22. The van der Waals surface area contributed by atoms with E-state index in [0.29, 0.717) is 40.9 Å². The third-order valence-electron chi connectivity index (χ3n) is 19.3. The molecule has 4 aromatic rings. The number of phenols is 1. The van der Waals surface area contributed by atoms with Crippen molar-refractivity contribution < 1.29 is 93.0 Å². The number of guanidine groups is 1. The van der Waals surface area contributed by atoms with E-state index in [9.17, 15) is 88.2 Å². The van der Waals surface area contributed by atoms with Crippen LogP contribution >= 0.6 is 0 Å². The number of phenolic OH excluding ortho intramolecular Hbond substituents is 1. The Hall–Kier alpha value is -11.2. The van der Waals surface area contributed by atoms with Gasteiger partial charge in [0.1, 0.15) is 78.3 Å². The van der Waals surface area contributed by atoms with E-state index in [1.54, 1.807) is 74.5 Å². The van der Waals surface area contributed by atoms with E-state index in [-0.39, 0.29) is 82.0 Å². The zero-order valence-electron chi connectivity index (χ0n) is 64.8. The van der Waals surface area contributed by atoms with Gasteiger partial charge in [0, 0.05) is 73.2 Å². The smallest absolute Gasteiger partial charge is 0.326 e. The maximum absolute atomic E-state index is 15.3. The molecule has 14 atom stereocenters. The molecule has 0 aliphatic carbocycles. The maximum atomic E-state index is 15.3. The highest BCUT2D eigenvalue weighted by atomic mass is 16.4. The minimum atomic E-state index is -1.90. The van der Waals surface area contributed by atoms with Crippen LogP contribution in [0.25, 0.3) is 0 Å². The lowest BCUT2D eigenvalue weighted by molar-refractivity contribution is -0.150. The molecule has 0 bridgehead atoms. The molecular formula is C75H111N19O19. The molecule has 22 N–H and O–H groups in total. The molecular weight excluding hydrogens is 1470 g/mol. The molecule has 2 heterocycles. The van der Waals surface area contributed by atoms with Crippen LogP contribution in [0.5, 0.6) is 5.75 Å². The van der Waals surface area contributed by atoms with Crippen LogP contribution in [0.2, 0.25) is 0 Å². The van der Waals surface area contributed by atoms with Gasteiger partial charge in [-0.15, -0.1) is 0 Å². The first kappa shape index (κ1) is 92.4. The summed E-state index contributed by atoms with van der Waals surface area (Å²) in [6.07, 6.45) is 0.00717. The number of nitrogens with one attached hydrogen (secondary N) is 10. The number of rotatable bonds is 45. The zero-order chi connectivity index (χ0) is 83.9. The van der Waals surface area contributed by atoms with E-state index in [4.69, 9.17) is 22.6 Å². The standard InChI is InChI=1S/C75H111N19O19/c1-42(2)61(73(111)94-32-18-25-55(94)65(103)84-51(74(112)113)24-17-31-81-75(78)79)88-68(106)62(44(4)98)89-64(102)52(33-47-26-28-49(99)29-27-47)85-63(101)53(36-48-37-80-41-82-48)86-67(105)58(40-96)93(8)70(108)54(39-95)87-66(104)56(34-45-19-11-9-12-20-45)91(6)71(109)57(35-46-21-13-10-14-22-46)92(7)69(107)50(23-15-16-30-76)83-59(100)38-90(5)72(110)60(77)43(3)97/h9-14,19-22,26-29,37,41-44,50-58,60-62,95-99H,15-18,23-25,30-36,38-40,76-77H2,1-8H3,(H,80,82)(H,83,100)(H,84,103)(H,85,101)(H,86,105)(H,87,104)(H,88,106)(H,89,102)(H,112,113)(H4,78,79,81)/t43-,44-,50+,51+,52+,53+,54+,55+,56+,57+,58+,60+,61+,62+/m1/s1. The number of likely N-dealkylation sites (N-methyl/N-ethyl adjacent to an activating group) is 4. The molecule has 0 unspecified atom stereocenters. The maximum Gasteiger partial charge on any atom is 0.326 e. The molecule has 1 fully saturated rings. The molecule has 1 aliphatic rings. The lowest BCUT2D eigenvalue weighted by Crippen LogP contribution is -2.63. The van der Waals surface area contributed by atoms with Crippen LogP contribution in [0.4, 0.5) is 0 Å². The Morgan fingerprint density at radius 2 is 1.12 bits per heavy atom. The molecule has 1 saturated heterocycles. The second kappa shape index (κ2) is 45.4. The summed E-state index contributed by atoms with van der Waals surface area (Å²) in [6, 6.07) is 3.85. The van der Waals surface area contributed by atoms with Crippen molar-refractivity contribution in [2.45, 2.75) is 183 Å². The number of imidazole rings is 1. The number of nitrogens with two attached hydrogens (primary N) is 3. The summed E-state index contributed by atoms with van der Waals surface area (Å²) in [7, 11) is 5.00. The Balaban J connectivity index is 1.39. The molecule has 0 spiro atoms. The van der Waals surface area contributed by atoms with Crippen LogP contribution in [0.1, 0.15) is 95.0 Å². The fraction of sp³-hybridized carbons (Fsp3) is 0.533. The second-order valence-electron chi connectivity index (χ2n) is 28.4. The number of carbonyl (C=O) groups is 13. The van der Waals surface area contributed by atoms with E-state index in [1.165, 1.54) is 69.8 Å². The van der Waals surface area contributed by atoms with E-state index >= 15 is 4.79 Å². The summed E-state index contributed by atoms with van der Waals surface area (Å²) in [4.78, 5) is 197. The van der Waals surface area contributed by atoms with E-state index < -0.39 is 194 Å². The molecule has 0 radical (unpaired) electrons. The summed E-state index contributed by atoms with van der Waals surface area (Å²) in [6.45, 7) is 3.25. The van der Waals surface area contributed by atoms with Gasteiger partial charge in [0.15, 0.2) is 5.96 Å². The third-order valence-corrected chi connectivity index (χ3v) is 19.3. The van der Waals surface area contributed by atoms with Crippen LogP contribution in [0, 0.1) is 11.3 Å². The number of H-pyrrole nitrogens is 1. The minimum Gasteiger partial charge on any atom is -0.508 e. The van der Waals surface area contributed by atoms with Gasteiger partial charge in [-0.25, -0.2) is 9.78 Å². The molecule has 1 aromatic heterocycles. The molecule has 38 nitrogen and oxygen atoms in total. The predicted molar refractivity (Wildman–Crippen MR) is 410 cm³/mol. The number of carboxylic acid groups (broad SMARTS) is 1. The van der Waals surface area contributed by atoms with Crippen molar-refractivity contribution in [2.75, 3.05) is 67.6 Å². The number of benzene rings is 3. The van der Waals surface area contributed by atoms with Crippen molar-refractivity contribution in [3.63, 3.8) is 0 Å². The zero-order valence-corrected chi connectivity index (χ0v) is 64.8. The number of aromatic amines is 1. The monoisotopic (exact) mass is 1580 g/mol. The largest absolute Gasteiger partial charge is 0.508 e. The van der Waals surface area contributed by atoms with Crippen molar-refractivity contribution >= 4 is 82.8 Å². The van der Waals surface area contributed by atoms with Gasteiger partial charge in [0.25, 0.3) is 0 Å². The highest BCUT2D eigenvalue weighted by molar-refractivity contribution is 6.00. The van der Waals surface area contributed by atoms with Crippen LogP contribution < -0.4 is 59.7 Å². The first-order chi connectivity index (χ1) is 53.5. The fourth-order valence-electron chi connectivity index (χ4n) is 12.6. The summed E-state index contributed by atoms with van der Waals surface area (Å²) in [5.41, 5.74) is 18.6. The number of aromatic hydroxyl groups is 1. The number of aliphatic hydroxyl groups excluding tert-OH is 4. The van der Waals surface area contributed by atoms with Gasteiger partial charge in [-0.3, -0.25) is 62.9 Å². The van der Waals surface area contributed by atoms with Gasteiger partial charge in [-0.05, 0) is 100 Å². The Morgan fingerprint density at radius 1 is 0.584 bits per heavy atom. The average molecular weight is 1580 g/mol. The lowest BCUT2D eigenvalue weighted by Gasteiger charge is -2.36. The highest BCUT2D eigenvalue weighted by Crippen LogP contribution is 2.23. The molecule has 1 aliphatic heterocycles. The average Bonchev–Trinajstić information content (AvgIpc) is 1.26. The van der Waals surface area contributed by atoms with Crippen molar-refractivity contribution in [1.29, 1.82) is 5.41 Å². The van der Waals surface area contributed by atoms with Crippen molar-refractivity contribution in [1.82, 2.24) is 77.0 Å². The Bertz CT molecular complexity index is 3840. The summed E-state index contributed by atoms with van der Waals surface area (Å²) >= 11 is 0. The molecule has 12 amide bonds. The number of aliphatic hydroxyl groups is 4. The first-order valence-corrected chi connectivity index (χ1v) is 37.2. The summed E-state index contributed by atoms with van der Waals surface area (Å²) < 4.78 is 0. The van der Waals surface area contributed by atoms with E-state index in [0.717, 1.165) is 28.7 Å². The second-order valence-corrected chi connectivity index (χ2v) is 28.4. The van der Waals surface area contributed by atoms with Crippen molar-refractivity contribution in [3.8, 4) is 5.75 Å². The number of hydrogen-bond donors (Lipinski definition) is 19. The van der Waals surface area contributed by atoms with Crippen LogP contribution in [-0.4, -0.2) is 300 Å². The van der Waals surface area contributed by atoms with Gasteiger partial charge < -0.3 is 120 Å². The van der Waals surface area contributed by atoms with Crippen LogP contribution in [-0.2, 0) is 88.0 Å². The number of aromatic nitrogens is 2. The first-order valence-electron chi connectivity index (χ1n) is 37.2. The topological polar surface area (TPSA) is 586 Å². The Morgan fingerprint density at radius 3 is 1.66 bits per heavy atom. The van der Waals surface area contributed by atoms with Gasteiger partial charge >= 0.3 is 5.97 Å². The van der Waals surface area contributed by atoms with Gasteiger partial charge in [0.2, 0.25) is 70.9 Å². The van der Waals surface area contributed by atoms with Crippen molar-refractivity contribution in [3.05, 3.63) is 120 Å². The molecule has 620 valence electrons. The predicted octanol–water partition coefficient (Wildman–Crippen LogP) is -5.08. The molecule has 0 saturated carbocycles. The van der Waals surface area contributed by atoms with Gasteiger partial charge in [-0.1, -0.05) is 86.6 Å². The van der Waals surface area contributed by atoms with E-state index in [2.05, 4.69) is 52.5 Å². The lowest BCUT2D eigenvalue weighted by atomic mass is 9.99. The van der Waals surface area contributed by atoms with Gasteiger partial charge in [-0.2, -0.15) is 0 Å². The van der Waals surface area contributed by atoms with Crippen molar-refractivity contribution in [2.24, 2.45) is 23.1 Å². The number of amides is 12. The van der Waals surface area contributed by atoms with Gasteiger partial charge in [0.05, 0.1) is 44.0 Å². The SMILES string of the molecule is CC(C)[C@H](NC(=O)[C@@H](NC(=O)[C@H](Cc1ccc(O)cc1)NC(=O)[C@H](Cc1c[nH]cn1)NC(=O)[C@H](CO)N(C)C(=O)[C@H](CO)NC(=O)[C@H](Cc1ccccc1)N(C)C(=O)[C@H](Cc1ccccc1)N(C)C(=O)[C@H](CCCCN)NC(=O)CN(C)C(=O)[C@@H](N)[C@@H](C)O)[C@@H](C)O)C(=O)N1CCC[C@H]1C(=O)N[C@@H](CCCNC(=N)N)C(=O)O. The number of nitrogens with zero attached hydrogens (tertiary/aromatic N) is 6. The quantitative estimate of drug-likeness (QED) is 0.0112. The number of unbranched alkanes of at least 4 members (excludes halogenated alkanes) is 1. The van der Waals surface area contributed by atoms with E-state index in [1.807, 2.05) is 0 Å². The third kappa shape index (κ3) is 27.9. The van der Waals surface area contributed by atoms with Crippen LogP contribution in [0.15, 0.2) is 97.5 Å². The molecule has 113 heavy (non-hydrogen) atoms. The number of carboxylic acids is 1.